The maximum Gasteiger partial charge on any atom is 0.344 e. The highest BCUT2D eigenvalue weighted by molar-refractivity contribution is 5.71. The quantitative estimate of drug-likeness (QED) is 0.747. The predicted octanol–water partition coefficient (Wildman–Crippen LogP) is 2.70. The Morgan fingerprint density at radius 3 is 2.52 bits per heavy atom. The van der Waals surface area contributed by atoms with Gasteiger partial charge in [-0.2, -0.15) is 0 Å². The van der Waals surface area contributed by atoms with E-state index in [9.17, 15) is 4.79 Å². The fraction of sp³-hybridized carbons (Fsp3) is 0.562. The van der Waals surface area contributed by atoms with Crippen LogP contribution in [0.25, 0.3) is 0 Å². The van der Waals surface area contributed by atoms with Crippen LogP contribution >= 0.6 is 0 Å². The summed E-state index contributed by atoms with van der Waals surface area (Å²) < 4.78 is 15.8. The number of carbonyl (C=O) groups is 1. The van der Waals surface area contributed by atoms with Gasteiger partial charge in [-0.3, -0.25) is 0 Å². The van der Waals surface area contributed by atoms with Crippen molar-refractivity contribution in [3.63, 3.8) is 0 Å². The van der Waals surface area contributed by atoms with Gasteiger partial charge in [0.1, 0.15) is 0 Å². The first-order valence-corrected chi connectivity index (χ1v) is 7.21. The second-order valence-electron chi connectivity index (χ2n) is 5.02. The SMILES string of the molecule is CCNC(C)c1ccc(OCC(=O)OC(C)C)c(OC)c1. The van der Waals surface area contributed by atoms with Gasteiger partial charge in [-0.15, -0.1) is 0 Å². The fourth-order valence-corrected chi connectivity index (χ4v) is 1.93. The van der Waals surface area contributed by atoms with E-state index < -0.39 is 5.97 Å². The zero-order valence-electron chi connectivity index (χ0n) is 13.4. The molecule has 118 valence electrons. The number of esters is 1. The summed E-state index contributed by atoms with van der Waals surface area (Å²) in [5, 5.41) is 3.33. The number of benzene rings is 1. The number of ether oxygens (including phenoxy) is 3. The first-order valence-electron chi connectivity index (χ1n) is 7.21. The van der Waals surface area contributed by atoms with Gasteiger partial charge in [-0.05, 0) is 45.0 Å². The van der Waals surface area contributed by atoms with E-state index in [-0.39, 0.29) is 18.8 Å². The van der Waals surface area contributed by atoms with Crippen molar-refractivity contribution in [3.05, 3.63) is 23.8 Å². The van der Waals surface area contributed by atoms with Crippen LogP contribution in [0.1, 0.15) is 39.3 Å². The Kier molecular flexibility index (Phi) is 7.02. The molecule has 0 radical (unpaired) electrons. The topological polar surface area (TPSA) is 56.8 Å². The van der Waals surface area contributed by atoms with Crippen molar-refractivity contribution in [1.29, 1.82) is 0 Å². The monoisotopic (exact) mass is 295 g/mol. The van der Waals surface area contributed by atoms with Crippen LogP contribution in [0.3, 0.4) is 0 Å². The van der Waals surface area contributed by atoms with Gasteiger partial charge in [0.15, 0.2) is 18.1 Å². The molecule has 0 aliphatic rings. The summed E-state index contributed by atoms with van der Waals surface area (Å²) in [5.41, 5.74) is 1.10. The van der Waals surface area contributed by atoms with Crippen molar-refractivity contribution in [2.75, 3.05) is 20.3 Å². The minimum atomic E-state index is -0.392. The molecule has 0 saturated carbocycles. The number of methoxy groups -OCH3 is 1. The normalized spacial score (nSPS) is 12.1. The van der Waals surface area contributed by atoms with Gasteiger partial charge in [0.05, 0.1) is 13.2 Å². The summed E-state index contributed by atoms with van der Waals surface area (Å²) in [6.07, 6.45) is -0.147. The molecule has 1 aromatic carbocycles. The van der Waals surface area contributed by atoms with Crippen molar-refractivity contribution < 1.29 is 19.0 Å². The van der Waals surface area contributed by atoms with Gasteiger partial charge < -0.3 is 19.5 Å². The smallest absolute Gasteiger partial charge is 0.344 e. The van der Waals surface area contributed by atoms with Crippen molar-refractivity contribution >= 4 is 5.97 Å². The van der Waals surface area contributed by atoms with Crippen LogP contribution < -0.4 is 14.8 Å². The third-order valence-corrected chi connectivity index (χ3v) is 2.91. The van der Waals surface area contributed by atoms with E-state index in [1.165, 1.54) is 0 Å². The molecule has 5 heteroatoms. The molecule has 0 heterocycles. The Balaban J connectivity index is 2.72. The summed E-state index contributed by atoms with van der Waals surface area (Å²) in [5.74, 6) is 0.748. The van der Waals surface area contributed by atoms with E-state index in [4.69, 9.17) is 14.2 Å². The van der Waals surface area contributed by atoms with Crippen LogP contribution in [-0.4, -0.2) is 32.3 Å². The highest BCUT2D eigenvalue weighted by Gasteiger charge is 2.12. The highest BCUT2D eigenvalue weighted by atomic mass is 16.6. The molecule has 1 N–H and O–H groups in total. The van der Waals surface area contributed by atoms with E-state index in [2.05, 4.69) is 19.2 Å². The standard InChI is InChI=1S/C16H25NO4/c1-6-17-12(4)13-7-8-14(15(9-13)19-5)20-10-16(18)21-11(2)3/h7-9,11-12,17H,6,10H2,1-5H3. The lowest BCUT2D eigenvalue weighted by Crippen LogP contribution is -2.19. The number of hydrogen-bond donors (Lipinski definition) is 1. The lowest BCUT2D eigenvalue weighted by atomic mass is 10.1. The molecule has 0 spiro atoms. The first-order chi connectivity index (χ1) is 9.97. The average molecular weight is 295 g/mol. The molecule has 0 aliphatic carbocycles. The summed E-state index contributed by atoms with van der Waals surface area (Å²) in [4.78, 5) is 11.5. The van der Waals surface area contributed by atoms with Gasteiger partial charge >= 0.3 is 5.97 Å². The van der Waals surface area contributed by atoms with Crippen LogP contribution in [-0.2, 0) is 9.53 Å². The molecule has 1 unspecified atom stereocenters. The average Bonchev–Trinajstić information content (AvgIpc) is 2.44. The summed E-state index contributed by atoms with van der Waals surface area (Å²) in [6, 6.07) is 5.91. The Bertz CT molecular complexity index is 460. The predicted molar refractivity (Wildman–Crippen MR) is 81.8 cm³/mol. The maximum atomic E-state index is 11.5. The van der Waals surface area contributed by atoms with Crippen molar-refractivity contribution in [1.82, 2.24) is 5.32 Å². The molecular weight excluding hydrogens is 270 g/mol. The van der Waals surface area contributed by atoms with Crippen LogP contribution in [0.2, 0.25) is 0 Å². The maximum absolute atomic E-state index is 11.5. The van der Waals surface area contributed by atoms with E-state index in [0.717, 1.165) is 12.1 Å². The molecule has 21 heavy (non-hydrogen) atoms. The number of nitrogens with one attached hydrogen (secondary N) is 1. The van der Waals surface area contributed by atoms with E-state index in [1.54, 1.807) is 21.0 Å². The van der Waals surface area contributed by atoms with Gasteiger partial charge in [0.25, 0.3) is 0 Å². The fourth-order valence-electron chi connectivity index (χ4n) is 1.93. The van der Waals surface area contributed by atoms with Crippen molar-refractivity contribution in [2.45, 2.75) is 39.8 Å². The molecule has 0 fully saturated rings. The highest BCUT2D eigenvalue weighted by Crippen LogP contribution is 2.30. The first kappa shape index (κ1) is 17.3. The zero-order chi connectivity index (χ0) is 15.8. The lowest BCUT2D eigenvalue weighted by molar-refractivity contribution is -0.149. The largest absolute Gasteiger partial charge is 0.493 e. The molecule has 0 saturated heterocycles. The molecule has 1 aromatic rings. The van der Waals surface area contributed by atoms with E-state index >= 15 is 0 Å². The Hall–Kier alpha value is -1.75. The number of rotatable bonds is 8. The molecule has 0 amide bonds. The van der Waals surface area contributed by atoms with E-state index in [0.29, 0.717) is 11.5 Å². The van der Waals surface area contributed by atoms with Crippen molar-refractivity contribution in [3.8, 4) is 11.5 Å². The van der Waals surface area contributed by atoms with Gasteiger partial charge in [0, 0.05) is 6.04 Å². The Morgan fingerprint density at radius 1 is 1.24 bits per heavy atom. The second-order valence-corrected chi connectivity index (χ2v) is 5.02. The number of carbonyl (C=O) groups excluding carboxylic acids is 1. The molecule has 0 bridgehead atoms. The molecular formula is C16H25NO4. The van der Waals surface area contributed by atoms with Crippen LogP contribution in [0.5, 0.6) is 11.5 Å². The molecule has 5 nitrogen and oxygen atoms in total. The zero-order valence-corrected chi connectivity index (χ0v) is 13.4. The van der Waals surface area contributed by atoms with Crippen LogP contribution in [0.4, 0.5) is 0 Å². The van der Waals surface area contributed by atoms with Gasteiger partial charge in [0.2, 0.25) is 0 Å². The van der Waals surface area contributed by atoms with Gasteiger partial charge in [-0.25, -0.2) is 4.79 Å². The molecule has 1 rings (SSSR count). The molecule has 0 aliphatic heterocycles. The molecule has 1 atom stereocenters. The summed E-state index contributed by atoms with van der Waals surface area (Å²) in [6.45, 7) is 8.51. The Morgan fingerprint density at radius 2 is 1.95 bits per heavy atom. The summed E-state index contributed by atoms with van der Waals surface area (Å²) in [7, 11) is 1.58. The van der Waals surface area contributed by atoms with E-state index in [1.807, 2.05) is 18.2 Å². The van der Waals surface area contributed by atoms with Crippen LogP contribution in [0, 0.1) is 0 Å². The summed E-state index contributed by atoms with van der Waals surface area (Å²) >= 11 is 0. The third-order valence-electron chi connectivity index (χ3n) is 2.91. The second kappa shape index (κ2) is 8.52. The van der Waals surface area contributed by atoms with Crippen molar-refractivity contribution in [2.24, 2.45) is 0 Å². The molecule has 0 aromatic heterocycles. The minimum absolute atomic E-state index is 0.128. The Labute approximate surface area is 126 Å². The minimum Gasteiger partial charge on any atom is -0.493 e. The lowest BCUT2D eigenvalue weighted by Gasteiger charge is -2.16. The van der Waals surface area contributed by atoms with Crippen LogP contribution in [0.15, 0.2) is 18.2 Å². The number of hydrogen-bond acceptors (Lipinski definition) is 5. The van der Waals surface area contributed by atoms with Gasteiger partial charge in [-0.1, -0.05) is 13.0 Å². The third kappa shape index (κ3) is 5.63.